The first kappa shape index (κ1) is 15.7. The fraction of sp³-hybridized carbons (Fsp3) is 0.500. The van der Waals surface area contributed by atoms with Crippen molar-refractivity contribution in [3.05, 3.63) is 18.5 Å². The number of nitrogens with zero attached hydrogens (tertiary/aromatic N) is 3. The van der Waals surface area contributed by atoms with Crippen LogP contribution in [0.15, 0.2) is 12.8 Å². The summed E-state index contributed by atoms with van der Waals surface area (Å²) < 4.78 is 10.9. The van der Waals surface area contributed by atoms with Crippen molar-refractivity contribution in [2.45, 2.75) is 25.7 Å². The molecule has 0 aliphatic carbocycles. The molecule has 1 aromatic rings. The Morgan fingerprint density at radius 2 is 2.29 bits per heavy atom. The van der Waals surface area contributed by atoms with Crippen LogP contribution >= 0.6 is 0 Å². The molecule has 0 unspecified atom stereocenters. The minimum Gasteiger partial charge on any atom is -0.465 e. The molecule has 0 aromatic carbocycles. The van der Waals surface area contributed by atoms with E-state index in [9.17, 15) is 4.79 Å². The Kier molecular flexibility index (Phi) is 4.74. The summed E-state index contributed by atoms with van der Waals surface area (Å²) in [6.45, 7) is 11.3. The molecule has 1 aromatic heterocycles. The molecule has 0 saturated heterocycles. The summed E-state index contributed by atoms with van der Waals surface area (Å²) in [5, 5.41) is 0. The Bertz CT molecular complexity index is 543. The molecule has 21 heavy (non-hydrogen) atoms. The highest BCUT2D eigenvalue weighted by molar-refractivity contribution is 6.76. The molecular weight excluding hydrogens is 286 g/mol. The highest BCUT2D eigenvalue weighted by Gasteiger charge is 2.28. The molecule has 6 nitrogen and oxygen atoms in total. The first-order chi connectivity index (χ1) is 9.90. The summed E-state index contributed by atoms with van der Waals surface area (Å²) in [6.07, 6.45) is 3.14. The monoisotopic (exact) mass is 307 g/mol. The fourth-order valence-corrected chi connectivity index (χ4v) is 2.51. The molecular formula is C14H21N3O3Si. The average molecular weight is 307 g/mol. The second-order valence-electron chi connectivity index (χ2n) is 6.09. The normalized spacial score (nSPS) is 14.6. The van der Waals surface area contributed by atoms with E-state index in [0.717, 1.165) is 6.04 Å². The SMILES string of the molecule is C=Cc1cnc2c(n1)N(COCC[Si](C)(C)C)C(=O)CO2. The molecule has 1 amide bonds. The minimum atomic E-state index is -1.14. The molecule has 0 spiro atoms. The number of hydrogen-bond donors (Lipinski definition) is 0. The second-order valence-corrected chi connectivity index (χ2v) is 11.7. The Labute approximate surface area is 125 Å². The Balaban J connectivity index is 2.05. The van der Waals surface area contributed by atoms with Crippen LogP contribution in [0, 0.1) is 0 Å². The molecule has 1 aliphatic rings. The lowest BCUT2D eigenvalue weighted by Crippen LogP contribution is -2.41. The largest absolute Gasteiger partial charge is 0.465 e. The number of fused-ring (bicyclic) bond motifs is 1. The molecule has 7 heteroatoms. The summed E-state index contributed by atoms with van der Waals surface area (Å²) in [6, 6.07) is 1.05. The molecule has 0 saturated carbocycles. The zero-order chi connectivity index (χ0) is 15.5. The number of rotatable bonds is 6. The van der Waals surface area contributed by atoms with Gasteiger partial charge in [-0.15, -0.1) is 0 Å². The number of aromatic nitrogens is 2. The van der Waals surface area contributed by atoms with Crippen molar-refractivity contribution >= 4 is 25.9 Å². The van der Waals surface area contributed by atoms with Crippen LogP contribution < -0.4 is 9.64 Å². The van der Waals surface area contributed by atoms with Crippen LogP contribution in [0.3, 0.4) is 0 Å². The maximum atomic E-state index is 12.0. The van der Waals surface area contributed by atoms with Gasteiger partial charge in [0, 0.05) is 14.7 Å². The summed E-state index contributed by atoms with van der Waals surface area (Å²) in [7, 11) is -1.14. The van der Waals surface area contributed by atoms with Crippen molar-refractivity contribution in [3.63, 3.8) is 0 Å². The van der Waals surface area contributed by atoms with Crippen molar-refractivity contribution in [3.8, 4) is 5.88 Å². The highest BCUT2D eigenvalue weighted by Crippen LogP contribution is 2.27. The standard InChI is InChI=1S/C14H21N3O3Si/c1-5-11-8-15-14-13(16-11)17(12(18)9-20-14)10-19-6-7-21(2,3)4/h5,8H,1,6-7,9-10H2,2-4H3. The van der Waals surface area contributed by atoms with Crippen molar-refractivity contribution in [1.82, 2.24) is 9.97 Å². The first-order valence-corrected chi connectivity index (χ1v) is 10.6. The van der Waals surface area contributed by atoms with Crippen molar-refractivity contribution in [2.75, 3.05) is 24.8 Å². The number of carbonyl (C=O) groups is 1. The molecule has 2 heterocycles. The van der Waals surface area contributed by atoms with Crippen LogP contribution in [-0.4, -0.2) is 43.9 Å². The number of amides is 1. The molecule has 114 valence electrons. The Morgan fingerprint density at radius 3 is 2.95 bits per heavy atom. The van der Waals surface area contributed by atoms with Gasteiger partial charge in [-0.05, 0) is 12.1 Å². The molecule has 0 atom stereocenters. The topological polar surface area (TPSA) is 64.5 Å². The Morgan fingerprint density at radius 1 is 1.52 bits per heavy atom. The quantitative estimate of drug-likeness (QED) is 0.595. The van der Waals surface area contributed by atoms with Gasteiger partial charge < -0.3 is 9.47 Å². The van der Waals surface area contributed by atoms with Gasteiger partial charge in [-0.1, -0.05) is 26.2 Å². The van der Waals surface area contributed by atoms with Gasteiger partial charge in [0.25, 0.3) is 11.8 Å². The number of anilines is 1. The van der Waals surface area contributed by atoms with E-state index >= 15 is 0 Å². The van der Waals surface area contributed by atoms with Crippen molar-refractivity contribution in [2.24, 2.45) is 0 Å². The summed E-state index contributed by atoms with van der Waals surface area (Å²) in [4.78, 5) is 21.9. The lowest BCUT2D eigenvalue weighted by Gasteiger charge is -2.27. The lowest BCUT2D eigenvalue weighted by molar-refractivity contribution is -0.122. The summed E-state index contributed by atoms with van der Waals surface area (Å²) in [5.41, 5.74) is 0.596. The van der Waals surface area contributed by atoms with E-state index in [4.69, 9.17) is 9.47 Å². The van der Waals surface area contributed by atoms with Crippen molar-refractivity contribution in [1.29, 1.82) is 0 Å². The highest BCUT2D eigenvalue weighted by atomic mass is 28.3. The van der Waals surface area contributed by atoms with Gasteiger partial charge in [0.1, 0.15) is 6.73 Å². The molecule has 1 aliphatic heterocycles. The van der Waals surface area contributed by atoms with Gasteiger partial charge in [-0.3, -0.25) is 9.69 Å². The molecule has 0 N–H and O–H groups in total. The molecule has 2 rings (SSSR count). The van der Waals surface area contributed by atoms with Crippen molar-refractivity contribution < 1.29 is 14.3 Å². The van der Waals surface area contributed by atoms with Crippen LogP contribution in [0.5, 0.6) is 5.88 Å². The third-order valence-corrected chi connectivity index (χ3v) is 4.76. The third kappa shape index (κ3) is 4.12. The van der Waals surface area contributed by atoms with Gasteiger partial charge in [-0.2, -0.15) is 0 Å². The van der Waals surface area contributed by atoms with E-state index in [2.05, 4.69) is 36.2 Å². The zero-order valence-electron chi connectivity index (χ0n) is 12.8. The van der Waals surface area contributed by atoms with Gasteiger partial charge in [0.05, 0.1) is 11.9 Å². The smallest absolute Gasteiger partial charge is 0.268 e. The van der Waals surface area contributed by atoms with E-state index in [1.54, 1.807) is 12.3 Å². The number of carbonyl (C=O) groups excluding carboxylic acids is 1. The number of hydrogen-bond acceptors (Lipinski definition) is 5. The zero-order valence-corrected chi connectivity index (χ0v) is 13.8. The summed E-state index contributed by atoms with van der Waals surface area (Å²) in [5.74, 6) is 0.580. The fourth-order valence-electron chi connectivity index (χ4n) is 1.75. The minimum absolute atomic E-state index is 0.0352. The van der Waals surface area contributed by atoms with Gasteiger partial charge in [0.15, 0.2) is 6.61 Å². The molecule has 0 bridgehead atoms. The van der Waals surface area contributed by atoms with E-state index in [1.165, 1.54) is 4.90 Å². The van der Waals surface area contributed by atoms with Gasteiger partial charge in [-0.25, -0.2) is 9.97 Å². The van der Waals surface area contributed by atoms with E-state index in [1.807, 2.05) is 0 Å². The average Bonchev–Trinajstić information content (AvgIpc) is 2.43. The van der Waals surface area contributed by atoms with E-state index in [-0.39, 0.29) is 19.2 Å². The molecule has 0 fully saturated rings. The number of ether oxygens (including phenoxy) is 2. The van der Waals surface area contributed by atoms with Crippen LogP contribution in [0.1, 0.15) is 5.69 Å². The molecule has 0 radical (unpaired) electrons. The second kappa shape index (κ2) is 6.36. The maximum Gasteiger partial charge on any atom is 0.268 e. The summed E-state index contributed by atoms with van der Waals surface area (Å²) >= 11 is 0. The van der Waals surface area contributed by atoms with Gasteiger partial charge in [0.2, 0.25) is 5.82 Å². The maximum absolute atomic E-state index is 12.0. The predicted molar refractivity (Wildman–Crippen MR) is 84.1 cm³/mol. The third-order valence-electron chi connectivity index (χ3n) is 3.06. The van der Waals surface area contributed by atoms with Crippen LogP contribution in [0.4, 0.5) is 5.82 Å². The van der Waals surface area contributed by atoms with E-state index in [0.29, 0.717) is 24.0 Å². The van der Waals surface area contributed by atoms with Crippen LogP contribution in [0.2, 0.25) is 25.7 Å². The Hall–Kier alpha value is -1.73. The van der Waals surface area contributed by atoms with E-state index < -0.39 is 8.07 Å². The van der Waals surface area contributed by atoms with Gasteiger partial charge >= 0.3 is 0 Å². The van der Waals surface area contributed by atoms with Crippen LogP contribution in [-0.2, 0) is 9.53 Å². The first-order valence-electron chi connectivity index (χ1n) is 6.91. The predicted octanol–water partition coefficient (Wildman–Crippen LogP) is 2.16. The van der Waals surface area contributed by atoms with Crippen LogP contribution in [0.25, 0.3) is 6.08 Å². The lowest BCUT2D eigenvalue weighted by atomic mass is 10.4.